The molecule has 112 valence electrons. The van der Waals surface area contributed by atoms with Crippen LogP contribution in [0.5, 0.6) is 0 Å². The van der Waals surface area contributed by atoms with Gasteiger partial charge in [0.2, 0.25) is 0 Å². The topological polar surface area (TPSA) is 58.3 Å². The summed E-state index contributed by atoms with van der Waals surface area (Å²) in [7, 11) is 0. The summed E-state index contributed by atoms with van der Waals surface area (Å²) in [5.41, 5.74) is 6.73. The fourth-order valence-electron chi connectivity index (χ4n) is 2.93. The third-order valence-electron chi connectivity index (χ3n) is 4.14. The Bertz CT molecular complexity index is 444. The number of aliphatic hydroxyl groups excluding tert-OH is 1. The Kier molecular flexibility index (Phi) is 5.78. The zero-order chi connectivity index (χ0) is 14.5. The van der Waals surface area contributed by atoms with Crippen LogP contribution in [0.1, 0.15) is 37.3 Å². The number of hydrogen-bond acceptors (Lipinski definition) is 3. The van der Waals surface area contributed by atoms with Gasteiger partial charge in [-0.3, -0.25) is 0 Å². The van der Waals surface area contributed by atoms with E-state index in [9.17, 15) is 9.50 Å². The van der Waals surface area contributed by atoms with Gasteiger partial charge in [0.15, 0.2) is 0 Å². The van der Waals surface area contributed by atoms with E-state index >= 15 is 0 Å². The zero-order valence-electron chi connectivity index (χ0n) is 11.5. The molecule has 5 heteroatoms. The largest absolute Gasteiger partial charge is 0.396 e. The maximum absolute atomic E-state index is 13.2. The van der Waals surface area contributed by atoms with Crippen LogP contribution in [-0.4, -0.2) is 24.3 Å². The molecule has 4 N–H and O–H groups in total. The van der Waals surface area contributed by atoms with Gasteiger partial charge < -0.3 is 16.2 Å². The Hall–Kier alpha value is -0.680. The molecule has 0 radical (unpaired) electrons. The highest BCUT2D eigenvalue weighted by Gasteiger charge is 2.26. The minimum absolute atomic E-state index is 0.0646. The molecule has 1 aromatic rings. The highest BCUT2D eigenvalue weighted by Crippen LogP contribution is 2.27. The van der Waals surface area contributed by atoms with Crippen LogP contribution >= 0.6 is 11.6 Å². The second-order valence-corrected chi connectivity index (χ2v) is 5.87. The SMILES string of the molecule is NCC(NC1CCCCC1CO)c1ccc(F)c(Cl)c1. The summed E-state index contributed by atoms with van der Waals surface area (Å²) < 4.78 is 13.2. The maximum atomic E-state index is 13.2. The smallest absolute Gasteiger partial charge is 0.141 e. The van der Waals surface area contributed by atoms with E-state index in [1.54, 1.807) is 12.1 Å². The minimum atomic E-state index is -0.419. The molecule has 0 aliphatic heterocycles. The molecule has 3 unspecified atom stereocenters. The van der Waals surface area contributed by atoms with E-state index in [-0.39, 0.29) is 29.6 Å². The van der Waals surface area contributed by atoms with E-state index in [4.69, 9.17) is 17.3 Å². The van der Waals surface area contributed by atoms with Crippen LogP contribution in [0.3, 0.4) is 0 Å². The van der Waals surface area contributed by atoms with Gasteiger partial charge in [0.1, 0.15) is 5.82 Å². The predicted octanol–water partition coefficient (Wildman–Crippen LogP) is 2.62. The first-order chi connectivity index (χ1) is 9.65. The van der Waals surface area contributed by atoms with Gasteiger partial charge in [0, 0.05) is 25.2 Å². The molecule has 1 aliphatic carbocycles. The van der Waals surface area contributed by atoms with Gasteiger partial charge in [0.25, 0.3) is 0 Å². The molecule has 20 heavy (non-hydrogen) atoms. The molecule has 3 atom stereocenters. The van der Waals surface area contributed by atoms with Gasteiger partial charge in [-0.2, -0.15) is 0 Å². The predicted molar refractivity (Wildman–Crippen MR) is 79.2 cm³/mol. The van der Waals surface area contributed by atoms with Crippen molar-refractivity contribution in [2.75, 3.05) is 13.2 Å². The van der Waals surface area contributed by atoms with Crippen molar-refractivity contribution in [2.45, 2.75) is 37.8 Å². The van der Waals surface area contributed by atoms with Crippen LogP contribution < -0.4 is 11.1 Å². The highest BCUT2D eigenvalue weighted by molar-refractivity contribution is 6.30. The first-order valence-corrected chi connectivity index (χ1v) is 7.55. The highest BCUT2D eigenvalue weighted by atomic mass is 35.5. The van der Waals surface area contributed by atoms with Crippen LogP contribution in [0.2, 0.25) is 5.02 Å². The molecule has 0 bridgehead atoms. The van der Waals surface area contributed by atoms with E-state index in [0.717, 1.165) is 24.8 Å². The van der Waals surface area contributed by atoms with Crippen LogP contribution in [0.4, 0.5) is 4.39 Å². The Morgan fingerprint density at radius 1 is 1.40 bits per heavy atom. The third-order valence-corrected chi connectivity index (χ3v) is 4.43. The number of nitrogens with two attached hydrogens (primary N) is 1. The lowest BCUT2D eigenvalue weighted by Gasteiger charge is -2.34. The van der Waals surface area contributed by atoms with E-state index in [1.807, 2.05) is 0 Å². The van der Waals surface area contributed by atoms with Crippen LogP contribution in [0.15, 0.2) is 18.2 Å². The summed E-state index contributed by atoms with van der Waals surface area (Å²) in [6.45, 7) is 0.607. The fraction of sp³-hybridized carbons (Fsp3) is 0.600. The number of nitrogens with one attached hydrogen (secondary N) is 1. The number of benzene rings is 1. The molecule has 1 saturated carbocycles. The first kappa shape index (κ1) is 15.7. The van der Waals surface area contributed by atoms with Gasteiger partial charge in [-0.25, -0.2) is 4.39 Å². The van der Waals surface area contributed by atoms with E-state index in [1.165, 1.54) is 12.5 Å². The Morgan fingerprint density at radius 3 is 2.80 bits per heavy atom. The molecule has 0 saturated heterocycles. The molecule has 0 aromatic heterocycles. The van der Waals surface area contributed by atoms with Crippen molar-refractivity contribution in [1.82, 2.24) is 5.32 Å². The fourth-order valence-corrected chi connectivity index (χ4v) is 3.12. The average molecular weight is 301 g/mol. The van der Waals surface area contributed by atoms with E-state index < -0.39 is 5.82 Å². The van der Waals surface area contributed by atoms with Crippen LogP contribution in [-0.2, 0) is 0 Å². The molecule has 0 amide bonds. The molecule has 3 nitrogen and oxygen atoms in total. The summed E-state index contributed by atoms with van der Waals surface area (Å²) in [6.07, 6.45) is 4.40. The molecule has 2 rings (SSSR count). The van der Waals surface area contributed by atoms with Crippen molar-refractivity contribution in [3.63, 3.8) is 0 Å². The molecular weight excluding hydrogens is 279 g/mol. The van der Waals surface area contributed by atoms with Gasteiger partial charge in [-0.1, -0.05) is 30.5 Å². The average Bonchev–Trinajstić information content (AvgIpc) is 2.48. The molecule has 0 heterocycles. The van der Waals surface area contributed by atoms with Crippen LogP contribution in [0, 0.1) is 11.7 Å². The van der Waals surface area contributed by atoms with Gasteiger partial charge >= 0.3 is 0 Å². The minimum Gasteiger partial charge on any atom is -0.396 e. The van der Waals surface area contributed by atoms with E-state index in [0.29, 0.717) is 6.54 Å². The Labute approximate surface area is 124 Å². The van der Waals surface area contributed by atoms with Crippen LogP contribution in [0.25, 0.3) is 0 Å². The number of halogens is 2. The third kappa shape index (κ3) is 3.70. The molecule has 1 fully saturated rings. The number of aliphatic hydroxyl groups is 1. The summed E-state index contributed by atoms with van der Waals surface area (Å²) in [4.78, 5) is 0. The molecule has 1 aliphatic rings. The molecule has 0 spiro atoms. The van der Waals surface area contributed by atoms with Crippen molar-refractivity contribution in [3.05, 3.63) is 34.6 Å². The van der Waals surface area contributed by atoms with Crippen molar-refractivity contribution >= 4 is 11.6 Å². The zero-order valence-corrected chi connectivity index (χ0v) is 12.2. The van der Waals surface area contributed by atoms with Gasteiger partial charge in [-0.15, -0.1) is 0 Å². The van der Waals surface area contributed by atoms with Crippen molar-refractivity contribution < 1.29 is 9.50 Å². The summed E-state index contributed by atoms with van der Waals surface area (Å²) in [5.74, 6) is -0.147. The normalized spacial score (nSPS) is 24.6. The standard InChI is InChI=1S/C15H22ClFN2O/c16-12-7-10(5-6-13(12)17)15(8-18)19-14-4-2-1-3-11(14)9-20/h5-7,11,14-15,19-20H,1-4,8-9,18H2. The second kappa shape index (κ2) is 7.36. The summed E-state index contributed by atoms with van der Waals surface area (Å²) in [6, 6.07) is 4.89. The Balaban J connectivity index is 2.09. The van der Waals surface area contributed by atoms with Gasteiger partial charge in [0.05, 0.1) is 5.02 Å². The van der Waals surface area contributed by atoms with Crippen molar-refractivity contribution in [2.24, 2.45) is 11.7 Å². The number of rotatable bonds is 5. The maximum Gasteiger partial charge on any atom is 0.141 e. The van der Waals surface area contributed by atoms with Gasteiger partial charge in [-0.05, 0) is 36.5 Å². The molecule has 1 aromatic carbocycles. The Morgan fingerprint density at radius 2 is 2.15 bits per heavy atom. The monoisotopic (exact) mass is 300 g/mol. The van der Waals surface area contributed by atoms with E-state index in [2.05, 4.69) is 5.32 Å². The lowest BCUT2D eigenvalue weighted by atomic mass is 9.84. The first-order valence-electron chi connectivity index (χ1n) is 7.17. The summed E-state index contributed by atoms with van der Waals surface area (Å²) >= 11 is 5.83. The number of hydrogen-bond donors (Lipinski definition) is 3. The lowest BCUT2D eigenvalue weighted by molar-refractivity contribution is 0.146. The van der Waals surface area contributed by atoms with Crippen molar-refractivity contribution in [3.8, 4) is 0 Å². The molecular formula is C15H22ClFN2O. The summed E-state index contributed by atoms with van der Waals surface area (Å²) in [5, 5.41) is 13.1. The second-order valence-electron chi connectivity index (χ2n) is 5.46. The van der Waals surface area contributed by atoms with Crippen molar-refractivity contribution in [1.29, 1.82) is 0 Å². The lowest BCUT2D eigenvalue weighted by Crippen LogP contribution is -2.44. The quantitative estimate of drug-likeness (QED) is 0.783.